The predicted molar refractivity (Wildman–Crippen MR) is 114 cm³/mol. The standard InChI is InChI=1S/C23H23N3O3/c1-5-11-28-23(27)25-17-8-6-7-16(12-17)22-20(14-24)19-10-9-18(29-15(2)3)13-21(19)26(22)4/h5-10,12-13,15H,1,11H2,2-4H3,(H,25,27). The van der Waals surface area contributed by atoms with E-state index in [0.29, 0.717) is 11.3 Å². The normalized spacial score (nSPS) is 10.6. The van der Waals surface area contributed by atoms with Crippen molar-refractivity contribution in [2.45, 2.75) is 20.0 Å². The molecule has 0 atom stereocenters. The molecule has 0 aliphatic carbocycles. The minimum absolute atomic E-state index is 0.0613. The average Bonchev–Trinajstić information content (AvgIpc) is 2.97. The van der Waals surface area contributed by atoms with Crippen molar-refractivity contribution in [1.29, 1.82) is 5.26 Å². The monoisotopic (exact) mass is 389 g/mol. The fourth-order valence-electron chi connectivity index (χ4n) is 3.25. The van der Waals surface area contributed by atoms with Gasteiger partial charge in [-0.3, -0.25) is 5.32 Å². The highest BCUT2D eigenvalue weighted by Crippen LogP contribution is 2.35. The molecule has 0 radical (unpaired) electrons. The molecule has 6 heteroatoms. The van der Waals surface area contributed by atoms with Crippen molar-refractivity contribution < 1.29 is 14.3 Å². The maximum atomic E-state index is 11.8. The molecule has 148 valence electrons. The van der Waals surface area contributed by atoms with E-state index in [-0.39, 0.29) is 12.7 Å². The van der Waals surface area contributed by atoms with Crippen LogP contribution in [0.15, 0.2) is 55.1 Å². The van der Waals surface area contributed by atoms with E-state index in [1.807, 2.05) is 61.9 Å². The molecule has 6 nitrogen and oxygen atoms in total. The lowest BCUT2D eigenvalue weighted by Crippen LogP contribution is -2.13. The van der Waals surface area contributed by atoms with E-state index in [0.717, 1.165) is 27.9 Å². The fraction of sp³-hybridized carbons (Fsp3) is 0.217. The molecule has 2 aromatic carbocycles. The van der Waals surface area contributed by atoms with E-state index in [1.54, 1.807) is 6.07 Å². The van der Waals surface area contributed by atoms with Gasteiger partial charge < -0.3 is 14.0 Å². The molecule has 3 rings (SSSR count). The Morgan fingerprint density at radius 1 is 1.31 bits per heavy atom. The van der Waals surface area contributed by atoms with Crippen LogP contribution >= 0.6 is 0 Å². The van der Waals surface area contributed by atoms with E-state index in [1.165, 1.54) is 6.08 Å². The first-order chi connectivity index (χ1) is 13.9. The second kappa shape index (κ2) is 8.53. The van der Waals surface area contributed by atoms with Gasteiger partial charge in [0.15, 0.2) is 0 Å². The second-order valence-electron chi connectivity index (χ2n) is 6.83. The summed E-state index contributed by atoms with van der Waals surface area (Å²) >= 11 is 0. The minimum Gasteiger partial charge on any atom is -0.491 e. The summed E-state index contributed by atoms with van der Waals surface area (Å²) < 4.78 is 12.7. The lowest BCUT2D eigenvalue weighted by atomic mass is 10.1. The zero-order valence-electron chi connectivity index (χ0n) is 16.7. The number of nitrogens with one attached hydrogen (secondary N) is 1. The van der Waals surface area contributed by atoms with Gasteiger partial charge in [0.2, 0.25) is 0 Å². The van der Waals surface area contributed by atoms with Crippen LogP contribution in [0.4, 0.5) is 10.5 Å². The van der Waals surface area contributed by atoms with Crippen molar-refractivity contribution in [2.24, 2.45) is 7.05 Å². The van der Waals surface area contributed by atoms with Crippen LogP contribution in [0.1, 0.15) is 19.4 Å². The van der Waals surface area contributed by atoms with Crippen LogP contribution in [0, 0.1) is 11.3 Å². The molecule has 0 saturated heterocycles. The summed E-state index contributed by atoms with van der Waals surface area (Å²) in [6.07, 6.45) is 1.00. The van der Waals surface area contributed by atoms with Gasteiger partial charge in [-0.2, -0.15) is 5.26 Å². The summed E-state index contributed by atoms with van der Waals surface area (Å²) in [6.45, 7) is 7.59. The van der Waals surface area contributed by atoms with E-state index < -0.39 is 6.09 Å². The fourth-order valence-corrected chi connectivity index (χ4v) is 3.25. The Hall–Kier alpha value is -3.72. The topological polar surface area (TPSA) is 76.3 Å². The second-order valence-corrected chi connectivity index (χ2v) is 6.83. The first-order valence-corrected chi connectivity index (χ1v) is 9.29. The van der Waals surface area contributed by atoms with E-state index in [9.17, 15) is 10.1 Å². The number of hydrogen-bond donors (Lipinski definition) is 1. The molecule has 0 bridgehead atoms. The minimum atomic E-state index is -0.560. The highest BCUT2D eigenvalue weighted by Gasteiger charge is 2.18. The molecule has 1 aromatic heterocycles. The van der Waals surface area contributed by atoms with Crippen molar-refractivity contribution in [3.63, 3.8) is 0 Å². The number of fused-ring (bicyclic) bond motifs is 1. The molecule has 29 heavy (non-hydrogen) atoms. The number of anilines is 1. The largest absolute Gasteiger partial charge is 0.491 e. The summed E-state index contributed by atoms with van der Waals surface area (Å²) in [5.41, 5.74) is 3.64. The smallest absolute Gasteiger partial charge is 0.411 e. The molecule has 0 saturated carbocycles. The number of rotatable bonds is 6. The number of nitriles is 1. The van der Waals surface area contributed by atoms with Crippen LogP contribution in [0.3, 0.4) is 0 Å². The van der Waals surface area contributed by atoms with Crippen molar-refractivity contribution in [3.8, 4) is 23.1 Å². The summed E-state index contributed by atoms with van der Waals surface area (Å²) in [4.78, 5) is 11.8. The summed E-state index contributed by atoms with van der Waals surface area (Å²) in [6, 6.07) is 15.4. The van der Waals surface area contributed by atoms with Gasteiger partial charge in [0.05, 0.1) is 22.9 Å². The number of nitrogens with zero attached hydrogens (tertiary/aromatic N) is 2. The lowest BCUT2D eigenvalue weighted by molar-refractivity contribution is 0.174. The maximum absolute atomic E-state index is 11.8. The van der Waals surface area contributed by atoms with Crippen LogP contribution in [0.25, 0.3) is 22.2 Å². The molecule has 0 spiro atoms. The third-order valence-electron chi connectivity index (χ3n) is 4.37. The van der Waals surface area contributed by atoms with Crippen LogP contribution in [-0.2, 0) is 11.8 Å². The Morgan fingerprint density at radius 2 is 2.10 bits per heavy atom. The van der Waals surface area contributed by atoms with Gasteiger partial charge in [-0.15, -0.1) is 0 Å². The van der Waals surface area contributed by atoms with Gasteiger partial charge in [-0.05, 0) is 38.1 Å². The van der Waals surface area contributed by atoms with Crippen LogP contribution in [0.5, 0.6) is 5.75 Å². The average molecular weight is 389 g/mol. The molecule has 1 heterocycles. The van der Waals surface area contributed by atoms with E-state index >= 15 is 0 Å². The summed E-state index contributed by atoms with van der Waals surface area (Å²) in [5, 5.41) is 13.4. The number of aryl methyl sites for hydroxylation is 1. The van der Waals surface area contributed by atoms with Crippen molar-refractivity contribution in [2.75, 3.05) is 11.9 Å². The molecular formula is C23H23N3O3. The molecule has 0 fully saturated rings. The Morgan fingerprint density at radius 3 is 2.79 bits per heavy atom. The van der Waals surface area contributed by atoms with Gasteiger partial charge in [0.25, 0.3) is 0 Å². The van der Waals surface area contributed by atoms with E-state index in [4.69, 9.17) is 9.47 Å². The molecule has 0 aliphatic heterocycles. The Labute approximate surface area is 170 Å². The third kappa shape index (κ3) is 4.25. The van der Waals surface area contributed by atoms with Gasteiger partial charge in [-0.25, -0.2) is 4.79 Å². The Kier molecular flexibility index (Phi) is 5.89. The number of carbonyl (C=O) groups excluding carboxylic acids is 1. The third-order valence-corrected chi connectivity index (χ3v) is 4.37. The predicted octanol–water partition coefficient (Wildman–Crippen LogP) is 5.24. The molecular weight excluding hydrogens is 366 g/mol. The SMILES string of the molecule is C=CCOC(=O)Nc1cccc(-c2c(C#N)c3ccc(OC(C)C)cc3n2C)c1. The lowest BCUT2D eigenvalue weighted by Gasteiger charge is -2.10. The molecule has 3 aromatic rings. The number of amides is 1. The first-order valence-electron chi connectivity index (χ1n) is 9.29. The van der Waals surface area contributed by atoms with Gasteiger partial charge >= 0.3 is 6.09 Å². The molecule has 1 amide bonds. The van der Waals surface area contributed by atoms with Crippen LogP contribution in [-0.4, -0.2) is 23.4 Å². The number of aromatic nitrogens is 1. The summed E-state index contributed by atoms with van der Waals surface area (Å²) in [5.74, 6) is 0.754. The number of benzene rings is 2. The first kappa shape index (κ1) is 20.0. The van der Waals surface area contributed by atoms with Gasteiger partial charge in [-0.1, -0.05) is 24.8 Å². The molecule has 0 unspecified atom stereocenters. The number of hydrogen-bond acceptors (Lipinski definition) is 4. The van der Waals surface area contributed by atoms with Gasteiger partial charge in [0.1, 0.15) is 18.4 Å². The van der Waals surface area contributed by atoms with E-state index in [2.05, 4.69) is 18.0 Å². The number of ether oxygens (including phenoxy) is 2. The summed E-state index contributed by atoms with van der Waals surface area (Å²) in [7, 11) is 1.91. The highest BCUT2D eigenvalue weighted by molar-refractivity contribution is 5.96. The quantitative estimate of drug-likeness (QED) is 0.585. The maximum Gasteiger partial charge on any atom is 0.411 e. The zero-order chi connectivity index (χ0) is 21.0. The molecule has 0 aliphatic rings. The van der Waals surface area contributed by atoms with Gasteiger partial charge in [0, 0.05) is 29.8 Å². The van der Waals surface area contributed by atoms with Crippen molar-refractivity contribution >= 4 is 22.7 Å². The van der Waals surface area contributed by atoms with Crippen molar-refractivity contribution in [1.82, 2.24) is 4.57 Å². The van der Waals surface area contributed by atoms with Crippen LogP contribution < -0.4 is 10.1 Å². The van der Waals surface area contributed by atoms with Crippen molar-refractivity contribution in [3.05, 3.63) is 60.7 Å². The van der Waals surface area contributed by atoms with Crippen LogP contribution in [0.2, 0.25) is 0 Å². The highest BCUT2D eigenvalue weighted by atomic mass is 16.5. The number of carbonyl (C=O) groups is 1. The Bertz CT molecular complexity index is 1110. The zero-order valence-corrected chi connectivity index (χ0v) is 16.7. The molecule has 1 N–H and O–H groups in total. The Balaban J connectivity index is 2.04.